The van der Waals surface area contributed by atoms with Crippen LogP contribution >= 0.6 is 0 Å². The molecule has 0 spiro atoms. The highest BCUT2D eigenvalue weighted by Crippen LogP contribution is 2.40. The van der Waals surface area contributed by atoms with Crippen LogP contribution in [0, 0.1) is 12.7 Å². The summed E-state index contributed by atoms with van der Waals surface area (Å²) in [7, 11) is 0. The van der Waals surface area contributed by atoms with Crippen molar-refractivity contribution in [1.82, 2.24) is 5.43 Å². The molecule has 3 rings (SSSR count). The van der Waals surface area contributed by atoms with Gasteiger partial charge < -0.3 is 0 Å². The van der Waals surface area contributed by atoms with Gasteiger partial charge >= 0.3 is 0 Å². The van der Waals surface area contributed by atoms with Crippen LogP contribution in [0.2, 0.25) is 0 Å². The van der Waals surface area contributed by atoms with Crippen molar-refractivity contribution in [3.05, 3.63) is 70.5 Å². The van der Waals surface area contributed by atoms with E-state index in [2.05, 4.69) is 29.7 Å². The number of hydrogen-bond donors (Lipinski definition) is 2. The highest BCUT2D eigenvalue weighted by Gasteiger charge is 2.28. The number of nitrogens with two attached hydrogens (primary N) is 1. The maximum absolute atomic E-state index is 13.9. The fourth-order valence-corrected chi connectivity index (χ4v) is 3.38. The lowest BCUT2D eigenvalue weighted by molar-refractivity contribution is 0.406. The number of rotatable bonds is 3. The van der Waals surface area contributed by atoms with Crippen LogP contribution in [0.25, 0.3) is 0 Å². The Labute approximate surface area is 125 Å². The summed E-state index contributed by atoms with van der Waals surface area (Å²) in [4.78, 5) is 0. The van der Waals surface area contributed by atoms with Gasteiger partial charge in [0.25, 0.3) is 0 Å². The molecule has 0 saturated heterocycles. The first kappa shape index (κ1) is 14.2. The molecule has 110 valence electrons. The van der Waals surface area contributed by atoms with E-state index in [1.807, 2.05) is 12.1 Å². The van der Waals surface area contributed by atoms with Crippen LogP contribution in [0.1, 0.15) is 47.1 Å². The van der Waals surface area contributed by atoms with Crippen molar-refractivity contribution in [2.45, 2.75) is 38.1 Å². The Morgan fingerprint density at radius 1 is 1.24 bits per heavy atom. The van der Waals surface area contributed by atoms with E-state index in [1.54, 1.807) is 13.0 Å². The number of hydrazine groups is 1. The van der Waals surface area contributed by atoms with Gasteiger partial charge in [0.1, 0.15) is 5.82 Å². The zero-order valence-electron chi connectivity index (χ0n) is 12.3. The van der Waals surface area contributed by atoms with Crippen LogP contribution < -0.4 is 11.3 Å². The molecule has 0 heterocycles. The molecule has 0 radical (unpaired) electrons. The first-order chi connectivity index (χ1) is 10.2. The van der Waals surface area contributed by atoms with Gasteiger partial charge in [0, 0.05) is 5.92 Å². The second-order valence-electron chi connectivity index (χ2n) is 5.85. The number of fused-ring (bicyclic) bond motifs is 1. The lowest BCUT2D eigenvalue weighted by atomic mass is 9.77. The number of hydrogen-bond acceptors (Lipinski definition) is 2. The van der Waals surface area contributed by atoms with Gasteiger partial charge in [0.15, 0.2) is 0 Å². The molecule has 2 unspecified atom stereocenters. The molecule has 0 saturated carbocycles. The Morgan fingerprint density at radius 2 is 2.05 bits per heavy atom. The molecule has 0 aromatic heterocycles. The molecular weight excluding hydrogens is 263 g/mol. The fraction of sp³-hybridized carbons (Fsp3) is 0.333. The molecule has 1 aliphatic carbocycles. The molecule has 0 bridgehead atoms. The molecule has 3 N–H and O–H groups in total. The lowest BCUT2D eigenvalue weighted by Gasteiger charge is -2.32. The van der Waals surface area contributed by atoms with Crippen molar-refractivity contribution in [1.29, 1.82) is 0 Å². The standard InChI is InChI=1S/C18H21FN2/c1-12-9-10-14(11-17(12)19)18(21-20)16-8-4-6-13-5-2-3-7-15(13)16/h2-3,5,7,9-11,16,18,21H,4,6,8,20H2,1H3. The minimum atomic E-state index is -0.170. The minimum Gasteiger partial charge on any atom is -0.271 e. The summed E-state index contributed by atoms with van der Waals surface area (Å²) in [5.41, 5.74) is 7.22. The first-order valence-electron chi connectivity index (χ1n) is 7.50. The van der Waals surface area contributed by atoms with E-state index in [-0.39, 0.29) is 11.9 Å². The van der Waals surface area contributed by atoms with E-state index in [1.165, 1.54) is 11.1 Å². The topological polar surface area (TPSA) is 38.0 Å². The molecule has 2 nitrogen and oxygen atoms in total. The van der Waals surface area contributed by atoms with E-state index >= 15 is 0 Å². The van der Waals surface area contributed by atoms with Gasteiger partial charge in [0.2, 0.25) is 0 Å². The molecule has 3 heteroatoms. The summed E-state index contributed by atoms with van der Waals surface area (Å²) in [6.45, 7) is 1.78. The van der Waals surface area contributed by atoms with Gasteiger partial charge in [-0.25, -0.2) is 4.39 Å². The maximum Gasteiger partial charge on any atom is 0.126 e. The van der Waals surface area contributed by atoms with Crippen molar-refractivity contribution >= 4 is 0 Å². The summed E-state index contributed by atoms with van der Waals surface area (Å²) in [6, 6.07) is 13.9. The van der Waals surface area contributed by atoms with Crippen molar-refractivity contribution < 1.29 is 4.39 Å². The largest absolute Gasteiger partial charge is 0.271 e. The smallest absolute Gasteiger partial charge is 0.126 e. The zero-order valence-corrected chi connectivity index (χ0v) is 12.3. The van der Waals surface area contributed by atoms with E-state index in [0.29, 0.717) is 11.5 Å². The van der Waals surface area contributed by atoms with Crippen LogP contribution in [0.5, 0.6) is 0 Å². The summed E-state index contributed by atoms with van der Waals surface area (Å²) in [5, 5.41) is 0. The molecule has 0 aliphatic heterocycles. The van der Waals surface area contributed by atoms with Gasteiger partial charge in [-0.1, -0.05) is 36.4 Å². The highest BCUT2D eigenvalue weighted by molar-refractivity contribution is 5.37. The molecule has 0 amide bonds. The van der Waals surface area contributed by atoms with Gasteiger partial charge in [0.05, 0.1) is 6.04 Å². The molecule has 2 aromatic carbocycles. The van der Waals surface area contributed by atoms with Gasteiger partial charge in [-0.15, -0.1) is 0 Å². The van der Waals surface area contributed by atoms with Crippen LogP contribution in [-0.4, -0.2) is 0 Å². The number of benzene rings is 2. The van der Waals surface area contributed by atoms with Crippen molar-refractivity contribution in [3.8, 4) is 0 Å². The summed E-state index contributed by atoms with van der Waals surface area (Å²) in [6.07, 6.45) is 3.34. The third-order valence-corrected chi connectivity index (χ3v) is 4.55. The molecule has 2 atom stereocenters. The van der Waals surface area contributed by atoms with E-state index in [9.17, 15) is 4.39 Å². The van der Waals surface area contributed by atoms with E-state index in [0.717, 1.165) is 24.8 Å². The second-order valence-corrected chi connectivity index (χ2v) is 5.85. The quantitative estimate of drug-likeness (QED) is 0.665. The predicted octanol–water partition coefficient (Wildman–Crippen LogP) is 3.76. The molecule has 0 fully saturated rings. The number of aryl methyl sites for hydroxylation is 2. The van der Waals surface area contributed by atoms with E-state index < -0.39 is 0 Å². The fourth-order valence-electron chi connectivity index (χ4n) is 3.38. The van der Waals surface area contributed by atoms with Crippen LogP contribution in [-0.2, 0) is 6.42 Å². The van der Waals surface area contributed by atoms with Crippen LogP contribution in [0.4, 0.5) is 4.39 Å². The van der Waals surface area contributed by atoms with Crippen LogP contribution in [0.3, 0.4) is 0 Å². The lowest BCUT2D eigenvalue weighted by Crippen LogP contribution is -2.34. The SMILES string of the molecule is Cc1ccc(C(NN)C2CCCc3ccccc32)cc1F. The Balaban J connectivity index is 1.99. The summed E-state index contributed by atoms with van der Waals surface area (Å²) < 4.78 is 13.9. The third-order valence-electron chi connectivity index (χ3n) is 4.55. The Bertz CT molecular complexity index is 639. The average molecular weight is 284 g/mol. The van der Waals surface area contributed by atoms with E-state index in [4.69, 9.17) is 5.84 Å². The highest BCUT2D eigenvalue weighted by atomic mass is 19.1. The third kappa shape index (κ3) is 2.71. The predicted molar refractivity (Wildman–Crippen MR) is 83.3 cm³/mol. The molecule has 1 aliphatic rings. The molecular formula is C18H21FN2. The first-order valence-corrected chi connectivity index (χ1v) is 7.50. The van der Waals surface area contributed by atoms with Crippen LogP contribution in [0.15, 0.2) is 42.5 Å². The van der Waals surface area contributed by atoms with Crippen molar-refractivity contribution in [2.24, 2.45) is 5.84 Å². The van der Waals surface area contributed by atoms with Gasteiger partial charge in [-0.05, 0) is 54.5 Å². The summed E-state index contributed by atoms with van der Waals surface area (Å²) in [5.74, 6) is 5.93. The number of halogens is 1. The van der Waals surface area contributed by atoms with Crippen molar-refractivity contribution in [2.75, 3.05) is 0 Å². The Morgan fingerprint density at radius 3 is 2.81 bits per heavy atom. The number of nitrogens with one attached hydrogen (secondary N) is 1. The normalized spacial score (nSPS) is 19.1. The molecule has 21 heavy (non-hydrogen) atoms. The summed E-state index contributed by atoms with van der Waals surface area (Å²) >= 11 is 0. The zero-order chi connectivity index (χ0) is 14.8. The maximum atomic E-state index is 13.9. The average Bonchev–Trinajstić information content (AvgIpc) is 2.52. The monoisotopic (exact) mass is 284 g/mol. The van der Waals surface area contributed by atoms with Gasteiger partial charge in [-0.3, -0.25) is 11.3 Å². The second kappa shape index (κ2) is 5.96. The van der Waals surface area contributed by atoms with Crippen molar-refractivity contribution in [3.63, 3.8) is 0 Å². The minimum absolute atomic E-state index is 0.0541. The Kier molecular flexibility index (Phi) is 4.04. The Hall–Kier alpha value is -1.71. The van der Waals surface area contributed by atoms with Gasteiger partial charge in [-0.2, -0.15) is 0 Å². The molecule has 2 aromatic rings.